The Kier molecular flexibility index (Phi) is 4.58. The number of nitrogens with two attached hydrogens (primary N) is 1. The molecule has 0 aromatic heterocycles. The van der Waals surface area contributed by atoms with Gasteiger partial charge in [0.25, 0.3) is 0 Å². The van der Waals surface area contributed by atoms with Crippen molar-refractivity contribution >= 4 is 25.2 Å². The Balaban J connectivity index is 2.05. The van der Waals surface area contributed by atoms with Crippen LogP contribution in [0.15, 0.2) is 22.5 Å². The van der Waals surface area contributed by atoms with E-state index in [2.05, 4.69) is 36.3 Å². The van der Waals surface area contributed by atoms with E-state index in [0.29, 0.717) is 6.42 Å². The van der Waals surface area contributed by atoms with Crippen LogP contribution in [0.5, 0.6) is 0 Å². The van der Waals surface area contributed by atoms with Gasteiger partial charge in [0.05, 0.1) is 12.3 Å². The number of aliphatic hydroxyl groups is 2. The summed E-state index contributed by atoms with van der Waals surface area (Å²) in [6.07, 6.45) is 3.72. The summed E-state index contributed by atoms with van der Waals surface area (Å²) in [5, 5.41) is 25.7. The van der Waals surface area contributed by atoms with Crippen LogP contribution in [0.25, 0.3) is 0 Å². The lowest BCUT2D eigenvalue weighted by Crippen LogP contribution is -2.42. The third-order valence-electron chi connectivity index (χ3n) is 3.43. The maximum atomic E-state index is 10.2. The lowest BCUT2D eigenvalue weighted by molar-refractivity contribution is -0.0749. The van der Waals surface area contributed by atoms with Crippen molar-refractivity contribution in [2.24, 2.45) is 15.8 Å². The summed E-state index contributed by atoms with van der Waals surface area (Å²) in [5.74, 6) is 0.515. The SMILES string of the molecule is C=C1N=C(N)C=NN1[C@@H]1OC(CCP(=C)(C)C)[C@@H](O)[C@H]1O. The topological polar surface area (TPSA) is 104 Å². The number of hydrogen-bond donors (Lipinski definition) is 3. The van der Waals surface area contributed by atoms with Crippen molar-refractivity contribution in [3.8, 4) is 0 Å². The van der Waals surface area contributed by atoms with Crippen LogP contribution in [0.2, 0.25) is 0 Å². The molecular weight excluding hydrogens is 291 g/mol. The Labute approximate surface area is 124 Å². The number of rotatable bonds is 4. The predicted molar refractivity (Wildman–Crippen MR) is 87.1 cm³/mol. The number of nitrogens with zero attached hydrogens (tertiary/aromatic N) is 3. The van der Waals surface area contributed by atoms with E-state index < -0.39 is 31.4 Å². The highest BCUT2D eigenvalue weighted by atomic mass is 31.2. The number of ether oxygens (including phenoxy) is 1. The number of hydrogen-bond acceptors (Lipinski definition) is 7. The van der Waals surface area contributed by atoms with Gasteiger partial charge < -0.3 is 20.7 Å². The molecule has 21 heavy (non-hydrogen) atoms. The van der Waals surface area contributed by atoms with Crippen molar-refractivity contribution in [3.63, 3.8) is 0 Å². The smallest absolute Gasteiger partial charge is 0.181 e. The van der Waals surface area contributed by atoms with E-state index in [1.165, 1.54) is 11.2 Å². The molecule has 0 spiro atoms. The highest BCUT2D eigenvalue weighted by Gasteiger charge is 2.46. The van der Waals surface area contributed by atoms with Gasteiger partial charge in [-0.1, -0.05) is 6.58 Å². The first-order chi connectivity index (χ1) is 9.69. The minimum Gasteiger partial charge on any atom is -0.388 e. The first-order valence-corrected chi connectivity index (χ1v) is 9.79. The number of hydrazone groups is 1. The molecule has 0 amide bonds. The van der Waals surface area contributed by atoms with Crippen molar-refractivity contribution in [3.05, 3.63) is 12.4 Å². The van der Waals surface area contributed by atoms with Gasteiger partial charge >= 0.3 is 0 Å². The zero-order chi connectivity index (χ0) is 15.8. The Morgan fingerprint density at radius 2 is 2.10 bits per heavy atom. The van der Waals surface area contributed by atoms with E-state index in [1.807, 2.05) is 0 Å². The first kappa shape index (κ1) is 16.2. The van der Waals surface area contributed by atoms with Crippen LogP contribution >= 0.6 is 6.89 Å². The average Bonchev–Trinajstić information content (AvgIpc) is 2.64. The second-order valence-corrected chi connectivity index (χ2v) is 10.4. The fourth-order valence-corrected chi connectivity index (χ4v) is 3.23. The molecule has 2 aliphatic heterocycles. The van der Waals surface area contributed by atoms with Crippen LogP contribution in [0.4, 0.5) is 0 Å². The van der Waals surface area contributed by atoms with Gasteiger partial charge in [-0.2, -0.15) is 5.10 Å². The molecule has 4 N–H and O–H groups in total. The van der Waals surface area contributed by atoms with Crippen LogP contribution in [-0.4, -0.2) is 77.6 Å². The third-order valence-corrected chi connectivity index (χ3v) is 4.90. The zero-order valence-electron chi connectivity index (χ0n) is 12.4. The van der Waals surface area contributed by atoms with Gasteiger partial charge in [0, 0.05) is 0 Å². The lowest BCUT2D eigenvalue weighted by Gasteiger charge is -2.28. The molecule has 4 atom stereocenters. The molecule has 0 radical (unpaired) electrons. The summed E-state index contributed by atoms with van der Waals surface area (Å²) in [4.78, 5) is 3.98. The number of amidine groups is 1. The first-order valence-electron chi connectivity index (χ1n) is 6.74. The van der Waals surface area contributed by atoms with E-state index in [-0.39, 0.29) is 11.7 Å². The summed E-state index contributed by atoms with van der Waals surface area (Å²) in [6, 6.07) is 0. The highest BCUT2D eigenvalue weighted by Crippen LogP contribution is 2.38. The molecule has 2 rings (SSSR count). The number of aliphatic imine (C=N–C) groups is 1. The maximum Gasteiger partial charge on any atom is 0.181 e. The Hall–Kier alpha value is -1.14. The van der Waals surface area contributed by atoms with Gasteiger partial charge in [-0.05, 0) is 25.9 Å². The molecular formula is C13H23N4O3P. The standard InChI is InChI=1S/C13H23N4O3P/c1-8-16-10(14)7-15-17(8)13-12(19)11(18)9(20-13)5-6-21(2,3)4/h7,9,11-13,18-19H,1-2,5-6H2,3-4H3,(H2,14,16)/t9?,11-,12-,13-/m1/s1. The molecule has 7 nitrogen and oxygen atoms in total. The monoisotopic (exact) mass is 314 g/mol. The fraction of sp³-hybridized carbons (Fsp3) is 0.615. The second-order valence-electron chi connectivity index (χ2n) is 6.04. The molecule has 0 saturated carbocycles. The van der Waals surface area contributed by atoms with E-state index in [0.717, 1.165) is 6.16 Å². The lowest BCUT2D eigenvalue weighted by atomic mass is 10.1. The van der Waals surface area contributed by atoms with Gasteiger partial charge in [0.15, 0.2) is 6.23 Å². The van der Waals surface area contributed by atoms with Gasteiger partial charge in [0.1, 0.15) is 23.9 Å². The quantitative estimate of drug-likeness (QED) is 0.616. The van der Waals surface area contributed by atoms with E-state index >= 15 is 0 Å². The van der Waals surface area contributed by atoms with Gasteiger partial charge in [-0.3, -0.25) is 0 Å². The summed E-state index contributed by atoms with van der Waals surface area (Å²) in [5.41, 5.74) is 5.53. The van der Waals surface area contributed by atoms with E-state index in [4.69, 9.17) is 10.5 Å². The minimum absolute atomic E-state index is 0.240. The van der Waals surface area contributed by atoms with Crippen molar-refractivity contribution in [2.45, 2.75) is 31.0 Å². The van der Waals surface area contributed by atoms with Crippen LogP contribution in [0.1, 0.15) is 6.42 Å². The third kappa shape index (κ3) is 3.74. The summed E-state index contributed by atoms with van der Waals surface area (Å²) in [7, 11) is 0. The van der Waals surface area contributed by atoms with Crippen molar-refractivity contribution in [2.75, 3.05) is 19.5 Å². The van der Waals surface area contributed by atoms with Crippen molar-refractivity contribution < 1.29 is 14.9 Å². The zero-order valence-corrected chi connectivity index (χ0v) is 13.3. The molecule has 2 heterocycles. The molecule has 1 saturated heterocycles. The van der Waals surface area contributed by atoms with E-state index in [1.54, 1.807) is 0 Å². The molecule has 1 fully saturated rings. The second kappa shape index (κ2) is 5.93. The van der Waals surface area contributed by atoms with E-state index in [9.17, 15) is 10.2 Å². The highest BCUT2D eigenvalue weighted by molar-refractivity contribution is 7.72. The molecule has 0 aromatic carbocycles. The van der Waals surface area contributed by atoms with Crippen LogP contribution in [-0.2, 0) is 4.74 Å². The van der Waals surface area contributed by atoms with Gasteiger partial charge in [-0.25, -0.2) is 10.0 Å². The Morgan fingerprint density at radius 3 is 2.67 bits per heavy atom. The van der Waals surface area contributed by atoms with Crippen LogP contribution < -0.4 is 5.73 Å². The maximum absolute atomic E-state index is 10.2. The Morgan fingerprint density at radius 1 is 1.43 bits per heavy atom. The fourth-order valence-electron chi connectivity index (χ4n) is 2.28. The molecule has 8 heteroatoms. The average molecular weight is 314 g/mol. The Bertz CT molecular complexity index is 528. The minimum atomic E-state index is -1.21. The van der Waals surface area contributed by atoms with Crippen LogP contribution in [0, 0.1) is 0 Å². The normalized spacial score (nSPS) is 33.4. The summed E-state index contributed by atoms with van der Waals surface area (Å²) < 4.78 is 5.76. The van der Waals surface area contributed by atoms with Crippen LogP contribution in [0.3, 0.4) is 0 Å². The summed E-state index contributed by atoms with van der Waals surface area (Å²) >= 11 is 0. The summed E-state index contributed by atoms with van der Waals surface area (Å²) in [6.45, 7) is 6.76. The number of aliphatic hydroxyl groups excluding tert-OH is 2. The van der Waals surface area contributed by atoms with Gasteiger partial charge in [-0.15, -0.1) is 13.2 Å². The molecule has 0 bridgehead atoms. The van der Waals surface area contributed by atoms with Crippen molar-refractivity contribution in [1.82, 2.24) is 5.01 Å². The largest absolute Gasteiger partial charge is 0.388 e. The molecule has 0 aromatic rings. The molecule has 0 aliphatic carbocycles. The molecule has 2 aliphatic rings. The molecule has 1 unspecified atom stereocenters. The predicted octanol–water partition coefficient (Wildman–Crippen LogP) is -0.338. The molecule has 118 valence electrons. The van der Waals surface area contributed by atoms with Gasteiger partial charge in [0.2, 0.25) is 0 Å². The van der Waals surface area contributed by atoms with Crippen molar-refractivity contribution in [1.29, 1.82) is 0 Å².